The summed E-state index contributed by atoms with van der Waals surface area (Å²) in [6.07, 6.45) is 4.24. The largest absolute Gasteiger partial charge is 0.495 e. The third kappa shape index (κ3) is 4.36. The second-order valence-electron chi connectivity index (χ2n) is 5.64. The fourth-order valence-electron chi connectivity index (χ4n) is 2.77. The predicted octanol–water partition coefficient (Wildman–Crippen LogP) is 2.48. The third-order valence-corrected chi connectivity index (χ3v) is 4.06. The Kier molecular flexibility index (Phi) is 5.44. The number of methoxy groups -OCH3 is 1. The highest BCUT2D eigenvalue weighted by Crippen LogP contribution is 2.26. The highest BCUT2D eigenvalue weighted by molar-refractivity contribution is 5.93. The lowest BCUT2D eigenvalue weighted by Crippen LogP contribution is -2.39. The maximum atomic E-state index is 12.1. The van der Waals surface area contributed by atoms with Crippen LogP contribution in [0, 0.1) is 0 Å². The number of anilines is 2. The van der Waals surface area contributed by atoms with E-state index in [1.165, 1.54) is 19.3 Å². The molecule has 0 radical (unpaired) electrons. The quantitative estimate of drug-likeness (QED) is 0.818. The van der Waals surface area contributed by atoms with Crippen LogP contribution in [-0.2, 0) is 4.79 Å². The van der Waals surface area contributed by atoms with Gasteiger partial charge in [0.1, 0.15) is 5.75 Å². The van der Waals surface area contributed by atoms with Crippen molar-refractivity contribution < 1.29 is 9.53 Å². The molecule has 0 spiro atoms. The van der Waals surface area contributed by atoms with Gasteiger partial charge in [0, 0.05) is 24.7 Å². The molecule has 1 aromatic rings. The maximum absolute atomic E-state index is 12.1. The van der Waals surface area contributed by atoms with E-state index in [1.807, 2.05) is 0 Å². The molecule has 0 aromatic heterocycles. The van der Waals surface area contributed by atoms with Crippen LogP contribution in [0.4, 0.5) is 11.4 Å². The molecule has 1 heterocycles. The highest BCUT2D eigenvalue weighted by atomic mass is 16.5. The zero-order chi connectivity index (χ0) is 15.2. The molecule has 1 aliphatic heterocycles. The summed E-state index contributed by atoms with van der Waals surface area (Å²) in [5.41, 5.74) is 6.99. The smallest absolute Gasteiger partial charge is 0.225 e. The standard InChI is InChI=1S/C16H25N3O2/c1-12-5-3-4-9-19(12)10-8-16(20)18-14-11-13(17)6-7-15(14)21-2/h6-7,11-12H,3-5,8-10,17H2,1-2H3,(H,18,20). The van der Waals surface area contributed by atoms with Crippen molar-refractivity contribution in [1.82, 2.24) is 4.90 Å². The van der Waals surface area contributed by atoms with Gasteiger partial charge in [-0.25, -0.2) is 0 Å². The SMILES string of the molecule is COc1ccc(N)cc1NC(=O)CCN1CCCCC1C. The van der Waals surface area contributed by atoms with Crippen molar-refractivity contribution in [2.24, 2.45) is 0 Å². The van der Waals surface area contributed by atoms with Crippen molar-refractivity contribution >= 4 is 17.3 Å². The van der Waals surface area contributed by atoms with Crippen LogP contribution < -0.4 is 15.8 Å². The molecule has 1 aliphatic rings. The highest BCUT2D eigenvalue weighted by Gasteiger charge is 2.18. The number of nitrogens with zero attached hydrogens (tertiary/aromatic N) is 1. The molecule has 3 N–H and O–H groups in total. The molecule has 116 valence electrons. The number of ether oxygens (including phenoxy) is 1. The van der Waals surface area contributed by atoms with Gasteiger partial charge in [-0.1, -0.05) is 6.42 Å². The van der Waals surface area contributed by atoms with E-state index in [0.717, 1.165) is 13.1 Å². The maximum Gasteiger partial charge on any atom is 0.225 e. The summed E-state index contributed by atoms with van der Waals surface area (Å²) >= 11 is 0. The zero-order valence-electron chi connectivity index (χ0n) is 12.9. The molecule has 1 atom stereocenters. The number of likely N-dealkylation sites (tertiary alicyclic amines) is 1. The van der Waals surface area contributed by atoms with Gasteiger partial charge >= 0.3 is 0 Å². The summed E-state index contributed by atoms with van der Waals surface area (Å²) in [5.74, 6) is 0.626. The number of hydrogen-bond donors (Lipinski definition) is 2. The summed E-state index contributed by atoms with van der Waals surface area (Å²) in [6, 6.07) is 5.82. The Hall–Kier alpha value is -1.75. The van der Waals surface area contributed by atoms with Gasteiger partial charge in [-0.15, -0.1) is 0 Å². The topological polar surface area (TPSA) is 67.6 Å². The van der Waals surface area contributed by atoms with E-state index in [2.05, 4.69) is 17.1 Å². The molecule has 5 heteroatoms. The third-order valence-electron chi connectivity index (χ3n) is 4.06. The number of carbonyl (C=O) groups is 1. The van der Waals surface area contributed by atoms with Crippen LogP contribution >= 0.6 is 0 Å². The molecule has 21 heavy (non-hydrogen) atoms. The molecule has 1 unspecified atom stereocenters. The lowest BCUT2D eigenvalue weighted by atomic mass is 10.0. The predicted molar refractivity (Wildman–Crippen MR) is 85.5 cm³/mol. The average molecular weight is 291 g/mol. The van der Waals surface area contributed by atoms with Crippen LogP contribution in [0.1, 0.15) is 32.6 Å². The Morgan fingerprint density at radius 1 is 1.48 bits per heavy atom. The molecule has 1 amide bonds. The number of nitrogens with two attached hydrogens (primary N) is 1. The zero-order valence-corrected chi connectivity index (χ0v) is 12.9. The van der Waals surface area contributed by atoms with Crippen molar-refractivity contribution in [3.05, 3.63) is 18.2 Å². The van der Waals surface area contributed by atoms with E-state index in [1.54, 1.807) is 25.3 Å². The number of carbonyl (C=O) groups excluding carboxylic acids is 1. The lowest BCUT2D eigenvalue weighted by molar-refractivity contribution is -0.116. The average Bonchev–Trinajstić information content (AvgIpc) is 2.47. The molecule has 0 aliphatic carbocycles. The van der Waals surface area contributed by atoms with Crippen molar-refractivity contribution in [2.75, 3.05) is 31.2 Å². The molecule has 1 fully saturated rings. The number of hydrogen-bond acceptors (Lipinski definition) is 4. The number of benzene rings is 1. The van der Waals surface area contributed by atoms with E-state index in [4.69, 9.17) is 10.5 Å². The fraction of sp³-hybridized carbons (Fsp3) is 0.562. The summed E-state index contributed by atoms with van der Waals surface area (Å²) < 4.78 is 5.23. The Morgan fingerprint density at radius 2 is 2.29 bits per heavy atom. The Morgan fingerprint density at radius 3 is 3.00 bits per heavy atom. The molecule has 5 nitrogen and oxygen atoms in total. The van der Waals surface area contributed by atoms with Gasteiger partial charge in [-0.3, -0.25) is 4.79 Å². The first kappa shape index (κ1) is 15.6. The number of rotatable bonds is 5. The second-order valence-corrected chi connectivity index (χ2v) is 5.64. The van der Waals surface area contributed by atoms with Crippen LogP contribution in [-0.4, -0.2) is 37.0 Å². The Balaban J connectivity index is 1.88. The Bertz CT molecular complexity index is 490. The van der Waals surface area contributed by atoms with E-state index in [9.17, 15) is 4.79 Å². The monoisotopic (exact) mass is 291 g/mol. The van der Waals surface area contributed by atoms with Crippen molar-refractivity contribution in [2.45, 2.75) is 38.6 Å². The summed E-state index contributed by atoms with van der Waals surface area (Å²) in [4.78, 5) is 14.5. The molecular formula is C16H25N3O2. The van der Waals surface area contributed by atoms with Crippen molar-refractivity contribution in [3.63, 3.8) is 0 Å². The lowest BCUT2D eigenvalue weighted by Gasteiger charge is -2.33. The molecular weight excluding hydrogens is 266 g/mol. The summed E-state index contributed by atoms with van der Waals surface area (Å²) in [7, 11) is 1.58. The van der Waals surface area contributed by atoms with Gasteiger partial charge in [-0.05, 0) is 44.5 Å². The normalized spacial score (nSPS) is 19.2. The first-order valence-electron chi connectivity index (χ1n) is 7.57. The minimum atomic E-state index is -0.00308. The first-order valence-corrected chi connectivity index (χ1v) is 7.57. The van der Waals surface area contributed by atoms with Crippen molar-refractivity contribution in [1.29, 1.82) is 0 Å². The first-order chi connectivity index (χ1) is 10.1. The van der Waals surface area contributed by atoms with Crippen LogP contribution in [0.3, 0.4) is 0 Å². The summed E-state index contributed by atoms with van der Waals surface area (Å²) in [5, 5.41) is 2.89. The Labute approximate surface area is 126 Å². The number of nitrogen functional groups attached to an aromatic ring is 1. The minimum absolute atomic E-state index is 0.00308. The van der Waals surface area contributed by atoms with Crippen LogP contribution in [0.2, 0.25) is 0 Å². The van der Waals surface area contributed by atoms with E-state index in [-0.39, 0.29) is 5.91 Å². The van der Waals surface area contributed by atoms with Gasteiger partial charge in [0.15, 0.2) is 0 Å². The van der Waals surface area contributed by atoms with Gasteiger partial charge in [-0.2, -0.15) is 0 Å². The summed E-state index contributed by atoms with van der Waals surface area (Å²) in [6.45, 7) is 4.13. The molecule has 1 aromatic carbocycles. The van der Waals surface area contributed by atoms with E-state index >= 15 is 0 Å². The van der Waals surface area contributed by atoms with Crippen LogP contribution in [0.25, 0.3) is 0 Å². The van der Waals surface area contributed by atoms with Crippen LogP contribution in [0.5, 0.6) is 5.75 Å². The second kappa shape index (κ2) is 7.31. The molecule has 1 saturated heterocycles. The van der Waals surface area contributed by atoms with E-state index < -0.39 is 0 Å². The van der Waals surface area contributed by atoms with Gasteiger partial charge < -0.3 is 20.7 Å². The fourth-order valence-corrected chi connectivity index (χ4v) is 2.77. The molecule has 0 saturated carbocycles. The van der Waals surface area contributed by atoms with Gasteiger partial charge in [0.25, 0.3) is 0 Å². The number of amides is 1. The van der Waals surface area contributed by atoms with Crippen molar-refractivity contribution in [3.8, 4) is 5.75 Å². The minimum Gasteiger partial charge on any atom is -0.495 e. The van der Waals surface area contributed by atoms with Crippen LogP contribution in [0.15, 0.2) is 18.2 Å². The van der Waals surface area contributed by atoms with E-state index in [0.29, 0.717) is 29.6 Å². The van der Waals surface area contributed by atoms with Gasteiger partial charge in [0.05, 0.1) is 12.8 Å². The van der Waals surface area contributed by atoms with Gasteiger partial charge in [0.2, 0.25) is 5.91 Å². The molecule has 2 rings (SSSR count). The number of piperidine rings is 1. The number of nitrogens with one attached hydrogen (secondary N) is 1. The molecule has 0 bridgehead atoms.